The van der Waals surface area contributed by atoms with Crippen LogP contribution in [0, 0.1) is 0 Å². The fourth-order valence-corrected chi connectivity index (χ4v) is 9.56. The molecule has 0 saturated heterocycles. The van der Waals surface area contributed by atoms with Gasteiger partial charge in [0, 0.05) is 22.5 Å². The first-order chi connectivity index (χ1) is 28.5. The van der Waals surface area contributed by atoms with Crippen LogP contribution in [0.15, 0.2) is 212 Å². The van der Waals surface area contributed by atoms with E-state index in [0.29, 0.717) is 0 Å². The van der Waals surface area contributed by atoms with Gasteiger partial charge in [-0.1, -0.05) is 184 Å². The molecule has 9 aromatic rings. The zero-order valence-corrected chi connectivity index (χ0v) is 32.7. The van der Waals surface area contributed by atoms with E-state index >= 15 is 0 Å². The molecule has 0 radical (unpaired) electrons. The molecule has 274 valence electrons. The second kappa shape index (κ2) is 13.5. The molecular weight excluding hydrogens is 699 g/mol. The maximum atomic E-state index is 2.41. The van der Waals surface area contributed by atoms with Crippen molar-refractivity contribution >= 4 is 17.1 Å². The van der Waals surface area contributed by atoms with Crippen molar-refractivity contribution in [3.63, 3.8) is 0 Å². The molecule has 58 heavy (non-hydrogen) atoms. The highest BCUT2D eigenvalue weighted by Crippen LogP contribution is 2.51. The smallest absolute Gasteiger partial charge is 0.0465 e. The summed E-state index contributed by atoms with van der Waals surface area (Å²) in [4.78, 5) is 2.41. The van der Waals surface area contributed by atoms with Crippen molar-refractivity contribution in [3.8, 4) is 77.9 Å². The van der Waals surface area contributed by atoms with Crippen LogP contribution < -0.4 is 4.90 Å². The maximum Gasteiger partial charge on any atom is 0.0465 e. The first-order valence-corrected chi connectivity index (χ1v) is 20.3. The van der Waals surface area contributed by atoms with Gasteiger partial charge in [-0.2, -0.15) is 0 Å². The largest absolute Gasteiger partial charge is 0.310 e. The van der Waals surface area contributed by atoms with E-state index in [9.17, 15) is 0 Å². The van der Waals surface area contributed by atoms with Crippen molar-refractivity contribution in [1.82, 2.24) is 0 Å². The van der Waals surface area contributed by atoms with Crippen LogP contribution in [0.25, 0.3) is 77.9 Å². The summed E-state index contributed by atoms with van der Waals surface area (Å²) in [6.07, 6.45) is 0. The van der Waals surface area contributed by atoms with E-state index in [1.165, 1.54) is 89.0 Å². The van der Waals surface area contributed by atoms with E-state index in [1.54, 1.807) is 0 Å². The molecule has 0 spiro atoms. The summed E-state index contributed by atoms with van der Waals surface area (Å²) in [5.74, 6) is 0. The molecule has 0 amide bonds. The summed E-state index contributed by atoms with van der Waals surface area (Å²) in [6.45, 7) is 4.71. The summed E-state index contributed by atoms with van der Waals surface area (Å²) in [7, 11) is 0. The average molecular weight is 740 g/mol. The minimum atomic E-state index is -0.0970. The molecule has 11 rings (SSSR count). The van der Waals surface area contributed by atoms with Crippen LogP contribution in [0.5, 0.6) is 0 Å². The Kier molecular flexibility index (Phi) is 7.91. The third-order valence-corrected chi connectivity index (χ3v) is 12.5. The predicted octanol–water partition coefficient (Wildman–Crippen LogP) is 15.8. The number of benzene rings is 9. The van der Waals surface area contributed by atoms with E-state index in [2.05, 4.69) is 231 Å². The van der Waals surface area contributed by atoms with Crippen molar-refractivity contribution < 1.29 is 0 Å². The molecular formula is C57H41N. The third kappa shape index (κ3) is 5.46. The summed E-state index contributed by atoms with van der Waals surface area (Å²) >= 11 is 0. The standard InChI is InChI=1S/C57H41N/c1-57(2)55-23-13-12-22-52(55)53-35-33-44(37-56(53)57)58(42-29-24-39(25-30-42)38-14-4-3-5-15-38)43-31-26-40(27-32-43)41-28-34-51-49-20-9-8-18-47(49)45-16-6-7-17-46(45)48-19-10-11-21-50(48)54(51)36-41/h3-37H,1-2H3. The van der Waals surface area contributed by atoms with E-state index in [0.717, 1.165) is 17.1 Å². The number of fused-ring (bicyclic) bond motifs is 11. The summed E-state index contributed by atoms with van der Waals surface area (Å²) in [5.41, 5.74) is 23.6. The Balaban J connectivity index is 1.02. The molecule has 1 heteroatoms. The van der Waals surface area contributed by atoms with Crippen LogP contribution >= 0.6 is 0 Å². The third-order valence-electron chi connectivity index (χ3n) is 12.5. The maximum absolute atomic E-state index is 2.41. The van der Waals surface area contributed by atoms with Gasteiger partial charge in [-0.05, 0) is 131 Å². The van der Waals surface area contributed by atoms with Gasteiger partial charge in [-0.15, -0.1) is 0 Å². The van der Waals surface area contributed by atoms with Crippen LogP contribution in [0.2, 0.25) is 0 Å². The summed E-state index contributed by atoms with van der Waals surface area (Å²) < 4.78 is 0. The van der Waals surface area contributed by atoms with Gasteiger partial charge < -0.3 is 4.90 Å². The van der Waals surface area contributed by atoms with Gasteiger partial charge in [-0.3, -0.25) is 0 Å². The van der Waals surface area contributed by atoms with Crippen LogP contribution in [-0.4, -0.2) is 0 Å². The van der Waals surface area contributed by atoms with Gasteiger partial charge in [0.15, 0.2) is 0 Å². The molecule has 0 aromatic heterocycles. The Morgan fingerprint density at radius 2 is 0.621 bits per heavy atom. The fourth-order valence-electron chi connectivity index (χ4n) is 9.56. The van der Waals surface area contributed by atoms with Crippen LogP contribution in [0.4, 0.5) is 17.1 Å². The second-order valence-corrected chi connectivity index (χ2v) is 16.1. The Hall–Kier alpha value is -7.22. The van der Waals surface area contributed by atoms with Gasteiger partial charge >= 0.3 is 0 Å². The zero-order valence-electron chi connectivity index (χ0n) is 32.7. The van der Waals surface area contributed by atoms with Gasteiger partial charge in [0.05, 0.1) is 0 Å². The lowest BCUT2D eigenvalue weighted by atomic mass is 9.80. The molecule has 0 bridgehead atoms. The Bertz CT molecular complexity index is 3000. The Morgan fingerprint density at radius 1 is 0.259 bits per heavy atom. The number of nitrogens with zero attached hydrogens (tertiary/aromatic N) is 1. The number of rotatable bonds is 5. The molecule has 0 fully saturated rings. The summed E-state index contributed by atoms with van der Waals surface area (Å²) in [5, 5.41) is 0. The van der Waals surface area contributed by atoms with Crippen molar-refractivity contribution in [3.05, 3.63) is 223 Å². The highest BCUT2D eigenvalue weighted by Gasteiger charge is 2.35. The highest BCUT2D eigenvalue weighted by molar-refractivity contribution is 6.04. The van der Waals surface area contributed by atoms with Crippen LogP contribution in [0.3, 0.4) is 0 Å². The molecule has 0 aliphatic heterocycles. The molecule has 0 unspecified atom stereocenters. The summed E-state index contributed by atoms with van der Waals surface area (Å²) in [6, 6.07) is 78.2. The van der Waals surface area contributed by atoms with E-state index in [4.69, 9.17) is 0 Å². The highest BCUT2D eigenvalue weighted by atomic mass is 15.1. The van der Waals surface area contributed by atoms with Crippen LogP contribution in [0.1, 0.15) is 25.0 Å². The van der Waals surface area contributed by atoms with E-state index < -0.39 is 0 Å². The number of hydrogen-bond donors (Lipinski definition) is 0. The lowest BCUT2D eigenvalue weighted by Crippen LogP contribution is -2.16. The quantitative estimate of drug-likeness (QED) is 0.170. The molecule has 2 aliphatic carbocycles. The van der Waals surface area contributed by atoms with Crippen molar-refractivity contribution in [2.45, 2.75) is 19.3 Å². The van der Waals surface area contributed by atoms with E-state index in [1.807, 2.05) is 0 Å². The average Bonchev–Trinajstić information content (AvgIpc) is 3.52. The Labute approximate surface area is 341 Å². The van der Waals surface area contributed by atoms with Crippen molar-refractivity contribution in [1.29, 1.82) is 0 Å². The molecule has 2 aliphatic rings. The second-order valence-electron chi connectivity index (χ2n) is 16.1. The first kappa shape index (κ1) is 34.1. The lowest BCUT2D eigenvalue weighted by molar-refractivity contribution is 0.660. The van der Waals surface area contributed by atoms with Crippen LogP contribution in [-0.2, 0) is 5.41 Å². The molecule has 0 N–H and O–H groups in total. The molecule has 0 atom stereocenters. The van der Waals surface area contributed by atoms with Gasteiger partial charge in [-0.25, -0.2) is 0 Å². The zero-order chi connectivity index (χ0) is 38.8. The van der Waals surface area contributed by atoms with Crippen molar-refractivity contribution in [2.75, 3.05) is 4.90 Å². The predicted molar refractivity (Wildman–Crippen MR) is 245 cm³/mol. The SMILES string of the molecule is CC1(C)c2ccccc2-c2ccc(N(c3ccc(-c4ccccc4)cc3)c3ccc(-c4ccc5c(c4)-c4ccccc4-c4ccccc4-c4ccccc4-5)cc3)cc21. The Morgan fingerprint density at radius 3 is 1.17 bits per heavy atom. The van der Waals surface area contributed by atoms with Crippen molar-refractivity contribution in [2.24, 2.45) is 0 Å². The normalized spacial score (nSPS) is 12.8. The lowest BCUT2D eigenvalue weighted by Gasteiger charge is -2.28. The number of hydrogen-bond acceptors (Lipinski definition) is 1. The molecule has 9 aromatic carbocycles. The van der Waals surface area contributed by atoms with E-state index in [-0.39, 0.29) is 5.41 Å². The minimum absolute atomic E-state index is 0.0970. The molecule has 0 heterocycles. The van der Waals surface area contributed by atoms with Gasteiger partial charge in [0.1, 0.15) is 0 Å². The minimum Gasteiger partial charge on any atom is -0.310 e. The van der Waals surface area contributed by atoms with Gasteiger partial charge in [0.25, 0.3) is 0 Å². The fraction of sp³-hybridized carbons (Fsp3) is 0.0526. The molecule has 1 nitrogen and oxygen atoms in total. The topological polar surface area (TPSA) is 3.24 Å². The monoisotopic (exact) mass is 739 g/mol. The number of anilines is 3. The first-order valence-electron chi connectivity index (χ1n) is 20.3. The van der Waals surface area contributed by atoms with Gasteiger partial charge in [0.2, 0.25) is 0 Å². The molecule has 0 saturated carbocycles.